The Kier molecular flexibility index (Phi) is 2.66. The Morgan fingerprint density at radius 3 is 2.67 bits per heavy atom. The molecular weight excluding hydrogens is 315 g/mol. The Bertz CT molecular complexity index is 233. The van der Waals surface area contributed by atoms with Crippen molar-refractivity contribution in [2.45, 2.75) is 0 Å². The number of hydrogen-bond acceptors (Lipinski definition) is 2. The molecule has 0 aliphatic rings. The van der Waals surface area contributed by atoms with Gasteiger partial charge in [0.25, 0.3) is 0 Å². The lowest BCUT2D eigenvalue weighted by atomic mass is 10.5. The van der Waals surface area contributed by atoms with E-state index in [1.165, 1.54) is 11.3 Å². The molecule has 1 rings (SSSR count). The van der Waals surface area contributed by atoms with Gasteiger partial charge < -0.3 is 0 Å². The van der Waals surface area contributed by atoms with Gasteiger partial charge in [0.2, 0.25) is 3.79 Å². The van der Waals surface area contributed by atoms with Gasteiger partial charge in [0.15, 0.2) is 0 Å². The molecule has 1 heterocycles. The van der Waals surface area contributed by atoms with Crippen LogP contribution in [0.15, 0.2) is 15.9 Å². The number of thiophene rings is 1. The van der Waals surface area contributed by atoms with Crippen molar-refractivity contribution < 1.29 is 4.79 Å². The number of hydrogen-bond donors (Lipinski definition) is 0. The van der Waals surface area contributed by atoms with Crippen molar-refractivity contribution in [2.75, 3.05) is 0 Å². The van der Waals surface area contributed by atoms with E-state index in [1.807, 2.05) is 11.4 Å². The quantitative estimate of drug-likeness (QED) is 0.575. The zero-order valence-electron chi connectivity index (χ0n) is 4.23. The molecule has 9 heavy (non-hydrogen) atoms. The van der Waals surface area contributed by atoms with E-state index in [2.05, 4.69) is 15.9 Å². The summed E-state index contributed by atoms with van der Waals surface area (Å²) >= 11 is 6.48. The van der Waals surface area contributed by atoms with E-state index in [4.69, 9.17) is 0 Å². The Hall–Kier alpha value is 0.580. The predicted octanol–water partition coefficient (Wildman–Crippen LogP) is 3.09. The molecule has 0 saturated carbocycles. The van der Waals surface area contributed by atoms with Crippen molar-refractivity contribution in [1.29, 1.82) is 0 Å². The van der Waals surface area contributed by atoms with Crippen LogP contribution in [-0.2, 0) is 0 Å². The summed E-state index contributed by atoms with van der Waals surface area (Å²) in [5, 5.41) is 1.89. The minimum atomic E-state index is 0.100. The van der Waals surface area contributed by atoms with Crippen molar-refractivity contribution in [3.63, 3.8) is 0 Å². The van der Waals surface area contributed by atoms with Crippen LogP contribution in [0.2, 0.25) is 0 Å². The van der Waals surface area contributed by atoms with Crippen LogP contribution in [0.1, 0.15) is 9.67 Å². The first kappa shape index (κ1) is 7.68. The molecular formula is C5H2BrIOS. The van der Waals surface area contributed by atoms with Gasteiger partial charge in [-0.2, -0.15) is 0 Å². The summed E-state index contributed by atoms with van der Waals surface area (Å²) < 4.78 is 1.08. The molecule has 0 saturated heterocycles. The van der Waals surface area contributed by atoms with Crippen LogP contribution >= 0.6 is 49.9 Å². The summed E-state index contributed by atoms with van der Waals surface area (Å²) in [5.74, 6) is 0. The van der Waals surface area contributed by atoms with Gasteiger partial charge in [-0.1, -0.05) is 0 Å². The smallest absolute Gasteiger partial charge is 0.232 e. The van der Waals surface area contributed by atoms with Crippen LogP contribution in [-0.4, -0.2) is 3.79 Å². The van der Waals surface area contributed by atoms with Gasteiger partial charge >= 0.3 is 0 Å². The first-order valence-electron chi connectivity index (χ1n) is 2.14. The van der Waals surface area contributed by atoms with Crippen molar-refractivity contribution in [3.8, 4) is 0 Å². The molecule has 1 nitrogen and oxygen atoms in total. The van der Waals surface area contributed by atoms with Gasteiger partial charge in [0.1, 0.15) is 0 Å². The third-order valence-electron chi connectivity index (χ3n) is 0.761. The molecule has 0 radical (unpaired) electrons. The van der Waals surface area contributed by atoms with Gasteiger partial charge in [0, 0.05) is 32.4 Å². The van der Waals surface area contributed by atoms with Crippen LogP contribution in [0.25, 0.3) is 0 Å². The molecule has 4 heteroatoms. The van der Waals surface area contributed by atoms with Gasteiger partial charge in [-0.25, -0.2) is 0 Å². The highest BCUT2D eigenvalue weighted by Gasteiger charge is 2.02. The zero-order chi connectivity index (χ0) is 6.85. The van der Waals surface area contributed by atoms with E-state index < -0.39 is 0 Å². The molecule has 1 aromatic heterocycles. The first-order chi connectivity index (χ1) is 4.20. The molecule has 0 amide bonds. The number of rotatable bonds is 1. The van der Waals surface area contributed by atoms with E-state index in [1.54, 1.807) is 22.6 Å². The summed E-state index contributed by atoms with van der Waals surface area (Å²) in [7, 11) is 0. The molecule has 0 unspecified atom stereocenters. The van der Waals surface area contributed by atoms with Crippen LogP contribution in [0, 0.1) is 0 Å². The molecule has 0 aromatic carbocycles. The second kappa shape index (κ2) is 3.12. The first-order valence-corrected chi connectivity index (χ1v) is 4.89. The van der Waals surface area contributed by atoms with Crippen molar-refractivity contribution in [2.24, 2.45) is 0 Å². The third kappa shape index (κ3) is 2.01. The van der Waals surface area contributed by atoms with Crippen LogP contribution < -0.4 is 0 Å². The molecule has 0 fully saturated rings. The Balaban J connectivity index is 2.98. The molecule has 0 bridgehead atoms. The van der Waals surface area contributed by atoms with Crippen LogP contribution in [0.4, 0.5) is 0 Å². The second-order valence-corrected chi connectivity index (χ2v) is 4.21. The number of halogens is 2. The fraction of sp³-hybridized carbons (Fsp3) is 0. The van der Waals surface area contributed by atoms with E-state index >= 15 is 0 Å². The van der Waals surface area contributed by atoms with Gasteiger partial charge in [-0.05, 0) is 22.0 Å². The maximum atomic E-state index is 10.6. The second-order valence-electron chi connectivity index (χ2n) is 1.40. The number of carbonyl (C=O) groups excluding carboxylic acids is 1. The Labute approximate surface area is 78.7 Å². The minimum absolute atomic E-state index is 0.100. The van der Waals surface area contributed by atoms with E-state index in [0.29, 0.717) is 0 Å². The monoisotopic (exact) mass is 316 g/mol. The molecule has 0 spiro atoms. The van der Waals surface area contributed by atoms with Crippen molar-refractivity contribution in [3.05, 3.63) is 20.8 Å². The summed E-state index contributed by atoms with van der Waals surface area (Å²) in [6.07, 6.45) is 0. The molecule has 1 aromatic rings. The van der Waals surface area contributed by atoms with Crippen molar-refractivity contribution >= 4 is 53.6 Å². The lowest BCUT2D eigenvalue weighted by Gasteiger charge is -1.78. The van der Waals surface area contributed by atoms with Crippen LogP contribution in [0.3, 0.4) is 0 Å². The number of carbonyl (C=O) groups is 1. The van der Waals surface area contributed by atoms with Gasteiger partial charge in [-0.3, -0.25) is 4.79 Å². The molecule has 0 aliphatic heterocycles. The average Bonchev–Trinajstić information content (AvgIpc) is 2.14. The standard InChI is InChI=1S/C5H2BrIOS/c6-3-1-4(5(7)8)9-2-3/h1-2H. The predicted molar refractivity (Wildman–Crippen MR) is 50.4 cm³/mol. The van der Waals surface area contributed by atoms with E-state index in [-0.39, 0.29) is 3.79 Å². The zero-order valence-corrected chi connectivity index (χ0v) is 8.79. The van der Waals surface area contributed by atoms with Crippen molar-refractivity contribution in [1.82, 2.24) is 0 Å². The highest BCUT2D eigenvalue weighted by atomic mass is 127. The summed E-state index contributed by atoms with van der Waals surface area (Å²) in [6.45, 7) is 0. The molecule has 0 atom stereocenters. The maximum Gasteiger partial charge on any atom is 0.232 e. The normalized spacial score (nSPS) is 9.56. The molecule has 0 aliphatic carbocycles. The highest BCUT2D eigenvalue weighted by molar-refractivity contribution is 14.1. The molecule has 48 valence electrons. The summed E-state index contributed by atoms with van der Waals surface area (Å²) in [6, 6.07) is 1.82. The van der Waals surface area contributed by atoms with Gasteiger partial charge in [0.05, 0.1) is 4.88 Å². The lowest BCUT2D eigenvalue weighted by molar-refractivity contribution is 0.110. The SMILES string of the molecule is O=C(I)c1cc(Br)cs1. The topological polar surface area (TPSA) is 17.1 Å². The average molecular weight is 317 g/mol. The fourth-order valence-corrected chi connectivity index (χ4v) is 2.21. The van der Waals surface area contributed by atoms with E-state index in [9.17, 15) is 4.79 Å². The largest absolute Gasteiger partial charge is 0.281 e. The summed E-state index contributed by atoms with van der Waals surface area (Å²) in [4.78, 5) is 11.4. The van der Waals surface area contributed by atoms with E-state index in [0.717, 1.165) is 9.35 Å². The third-order valence-corrected chi connectivity index (χ3v) is 3.40. The van der Waals surface area contributed by atoms with Crippen LogP contribution in [0.5, 0.6) is 0 Å². The highest BCUT2D eigenvalue weighted by Crippen LogP contribution is 2.21. The van der Waals surface area contributed by atoms with Gasteiger partial charge in [-0.15, -0.1) is 11.3 Å². The fourth-order valence-electron chi connectivity index (χ4n) is 0.416. The molecule has 0 N–H and O–H groups in total. The minimum Gasteiger partial charge on any atom is -0.281 e. The Morgan fingerprint density at radius 2 is 2.44 bits per heavy atom. The summed E-state index contributed by atoms with van der Waals surface area (Å²) in [5.41, 5.74) is 0. The maximum absolute atomic E-state index is 10.6. The lowest BCUT2D eigenvalue weighted by Crippen LogP contribution is -1.77. The Morgan fingerprint density at radius 1 is 1.78 bits per heavy atom.